The van der Waals surface area contributed by atoms with Gasteiger partial charge >= 0.3 is 0 Å². The first-order chi connectivity index (χ1) is 8.29. The molecular formula is C12H14N2O2S. The van der Waals surface area contributed by atoms with E-state index in [2.05, 4.69) is 29.7 Å². The summed E-state index contributed by atoms with van der Waals surface area (Å²) in [5.74, 6) is 1.32. The van der Waals surface area contributed by atoms with Crippen LogP contribution in [0.3, 0.4) is 0 Å². The lowest BCUT2D eigenvalue weighted by atomic mass is 10.2. The van der Waals surface area contributed by atoms with Crippen LogP contribution in [0.25, 0.3) is 11.5 Å². The maximum Gasteiger partial charge on any atom is 0.273 e. The molecule has 5 heteroatoms. The van der Waals surface area contributed by atoms with Crippen molar-refractivity contribution in [1.29, 1.82) is 0 Å². The number of hydrogen-bond acceptors (Lipinski definition) is 5. The summed E-state index contributed by atoms with van der Waals surface area (Å²) in [6.45, 7) is 2.88. The number of rotatable bonds is 5. The quantitative estimate of drug-likeness (QED) is 0.654. The Kier molecular flexibility index (Phi) is 4.03. The van der Waals surface area contributed by atoms with Crippen molar-refractivity contribution in [2.75, 3.05) is 6.61 Å². The van der Waals surface area contributed by atoms with E-state index >= 15 is 0 Å². The van der Waals surface area contributed by atoms with Gasteiger partial charge in [0.2, 0.25) is 5.89 Å². The summed E-state index contributed by atoms with van der Waals surface area (Å²) < 4.78 is 10.8. The number of unbranched alkanes of at least 4 members (excludes halogenated alkanes) is 1. The van der Waals surface area contributed by atoms with Gasteiger partial charge in [0.05, 0.1) is 6.61 Å². The molecule has 2 rings (SSSR count). The Labute approximate surface area is 105 Å². The SMILES string of the molecule is CCCCOc1ccc(-c2nnc(S)o2)cc1. The van der Waals surface area contributed by atoms with E-state index in [0.717, 1.165) is 30.8 Å². The second-order valence-electron chi connectivity index (χ2n) is 3.62. The normalized spacial score (nSPS) is 10.5. The Bertz CT molecular complexity index is 468. The third kappa shape index (κ3) is 3.23. The van der Waals surface area contributed by atoms with Crippen LogP contribution < -0.4 is 4.74 Å². The molecule has 2 aromatic rings. The maximum atomic E-state index is 5.56. The molecular weight excluding hydrogens is 236 g/mol. The van der Waals surface area contributed by atoms with Crippen LogP contribution in [-0.4, -0.2) is 16.8 Å². The van der Waals surface area contributed by atoms with Gasteiger partial charge in [-0.05, 0) is 30.7 Å². The predicted octanol–water partition coefficient (Wildman–Crippen LogP) is 3.20. The summed E-state index contributed by atoms with van der Waals surface area (Å²) >= 11 is 3.97. The number of aromatic nitrogens is 2. The molecule has 1 heterocycles. The summed E-state index contributed by atoms with van der Waals surface area (Å²) in [6.07, 6.45) is 2.19. The minimum Gasteiger partial charge on any atom is -0.494 e. The van der Waals surface area contributed by atoms with E-state index in [9.17, 15) is 0 Å². The van der Waals surface area contributed by atoms with Gasteiger partial charge in [-0.3, -0.25) is 0 Å². The molecule has 1 aromatic carbocycles. The fraction of sp³-hybridized carbons (Fsp3) is 0.333. The van der Waals surface area contributed by atoms with E-state index in [4.69, 9.17) is 9.15 Å². The van der Waals surface area contributed by atoms with Crippen molar-refractivity contribution in [3.05, 3.63) is 24.3 Å². The second kappa shape index (κ2) is 5.72. The van der Waals surface area contributed by atoms with Gasteiger partial charge in [0.15, 0.2) is 0 Å². The molecule has 4 nitrogen and oxygen atoms in total. The van der Waals surface area contributed by atoms with Gasteiger partial charge in [0, 0.05) is 5.56 Å². The molecule has 0 aliphatic rings. The zero-order chi connectivity index (χ0) is 12.1. The van der Waals surface area contributed by atoms with Crippen molar-refractivity contribution in [3.8, 4) is 17.2 Å². The highest BCUT2D eigenvalue weighted by Gasteiger charge is 2.05. The molecule has 0 bridgehead atoms. The standard InChI is InChI=1S/C12H14N2O2S/c1-2-3-8-15-10-6-4-9(5-7-10)11-13-14-12(17)16-11/h4-7H,2-3,8H2,1H3,(H,14,17). The Balaban J connectivity index is 2.02. The second-order valence-corrected chi connectivity index (χ2v) is 4.00. The van der Waals surface area contributed by atoms with Crippen molar-refractivity contribution in [2.45, 2.75) is 25.0 Å². The molecule has 0 aliphatic carbocycles. The molecule has 90 valence electrons. The van der Waals surface area contributed by atoms with Gasteiger partial charge in [0.25, 0.3) is 5.22 Å². The molecule has 1 aromatic heterocycles. The van der Waals surface area contributed by atoms with E-state index in [1.54, 1.807) is 0 Å². The van der Waals surface area contributed by atoms with Crippen LogP contribution in [0.4, 0.5) is 0 Å². The van der Waals surface area contributed by atoms with Crippen molar-refractivity contribution in [1.82, 2.24) is 10.2 Å². The van der Waals surface area contributed by atoms with E-state index in [1.807, 2.05) is 24.3 Å². The van der Waals surface area contributed by atoms with Gasteiger partial charge in [-0.1, -0.05) is 26.0 Å². The monoisotopic (exact) mass is 250 g/mol. The number of benzene rings is 1. The lowest BCUT2D eigenvalue weighted by Crippen LogP contribution is -1.95. The molecule has 0 fully saturated rings. The van der Waals surface area contributed by atoms with Crippen LogP contribution in [0.5, 0.6) is 5.75 Å². The van der Waals surface area contributed by atoms with E-state index in [0.29, 0.717) is 5.89 Å². The van der Waals surface area contributed by atoms with E-state index in [1.165, 1.54) is 0 Å². The summed E-state index contributed by atoms with van der Waals surface area (Å²) in [6, 6.07) is 7.57. The lowest BCUT2D eigenvalue weighted by molar-refractivity contribution is 0.309. The van der Waals surface area contributed by atoms with Crippen molar-refractivity contribution < 1.29 is 9.15 Å². The summed E-state index contributed by atoms with van der Waals surface area (Å²) in [7, 11) is 0. The highest BCUT2D eigenvalue weighted by molar-refractivity contribution is 7.80. The largest absolute Gasteiger partial charge is 0.494 e. The number of thiol groups is 1. The molecule has 0 N–H and O–H groups in total. The highest BCUT2D eigenvalue weighted by atomic mass is 32.1. The summed E-state index contributed by atoms with van der Waals surface area (Å²) in [4.78, 5) is 0. The van der Waals surface area contributed by atoms with Crippen LogP contribution in [0.15, 0.2) is 33.9 Å². The van der Waals surface area contributed by atoms with Crippen LogP contribution in [0.2, 0.25) is 0 Å². The van der Waals surface area contributed by atoms with Gasteiger partial charge in [-0.2, -0.15) is 0 Å². The van der Waals surface area contributed by atoms with E-state index < -0.39 is 0 Å². The van der Waals surface area contributed by atoms with E-state index in [-0.39, 0.29) is 5.22 Å². The lowest BCUT2D eigenvalue weighted by Gasteiger charge is -2.04. The number of ether oxygens (including phenoxy) is 1. The van der Waals surface area contributed by atoms with Crippen LogP contribution in [0.1, 0.15) is 19.8 Å². The Morgan fingerprint density at radius 3 is 2.59 bits per heavy atom. The Morgan fingerprint density at radius 1 is 1.24 bits per heavy atom. The fourth-order valence-electron chi connectivity index (χ4n) is 1.36. The zero-order valence-electron chi connectivity index (χ0n) is 9.59. The van der Waals surface area contributed by atoms with Gasteiger partial charge in [-0.15, -0.1) is 10.2 Å². The molecule has 0 unspecified atom stereocenters. The molecule has 0 saturated heterocycles. The smallest absolute Gasteiger partial charge is 0.273 e. The van der Waals surface area contributed by atoms with Crippen molar-refractivity contribution in [3.63, 3.8) is 0 Å². The zero-order valence-corrected chi connectivity index (χ0v) is 10.5. The Hall–Kier alpha value is -1.49. The molecule has 0 aliphatic heterocycles. The van der Waals surface area contributed by atoms with Crippen LogP contribution >= 0.6 is 12.6 Å². The topological polar surface area (TPSA) is 48.2 Å². The molecule has 0 atom stereocenters. The van der Waals surface area contributed by atoms with Crippen molar-refractivity contribution >= 4 is 12.6 Å². The molecule has 0 saturated carbocycles. The molecule has 17 heavy (non-hydrogen) atoms. The first kappa shape index (κ1) is 12.0. The predicted molar refractivity (Wildman–Crippen MR) is 67.4 cm³/mol. The molecule has 0 radical (unpaired) electrons. The van der Waals surface area contributed by atoms with Crippen LogP contribution in [-0.2, 0) is 0 Å². The maximum absolute atomic E-state index is 5.56. The van der Waals surface area contributed by atoms with Crippen LogP contribution in [0, 0.1) is 0 Å². The number of hydrogen-bond donors (Lipinski definition) is 1. The van der Waals surface area contributed by atoms with Crippen molar-refractivity contribution in [2.24, 2.45) is 0 Å². The molecule has 0 spiro atoms. The average molecular weight is 250 g/mol. The highest BCUT2D eigenvalue weighted by Crippen LogP contribution is 2.22. The minimum absolute atomic E-state index is 0.267. The van der Waals surface area contributed by atoms with Gasteiger partial charge in [-0.25, -0.2) is 0 Å². The third-order valence-electron chi connectivity index (χ3n) is 2.28. The van der Waals surface area contributed by atoms with Gasteiger partial charge < -0.3 is 9.15 Å². The summed E-state index contributed by atoms with van der Waals surface area (Å²) in [5.41, 5.74) is 0.862. The summed E-state index contributed by atoms with van der Waals surface area (Å²) in [5, 5.41) is 7.82. The average Bonchev–Trinajstić information content (AvgIpc) is 2.77. The molecule has 0 amide bonds. The third-order valence-corrected chi connectivity index (χ3v) is 2.46. The first-order valence-electron chi connectivity index (χ1n) is 5.55. The minimum atomic E-state index is 0.267. The fourth-order valence-corrected chi connectivity index (χ4v) is 1.49. The first-order valence-corrected chi connectivity index (χ1v) is 6.00. The number of nitrogens with zero attached hydrogens (tertiary/aromatic N) is 2. The van der Waals surface area contributed by atoms with Gasteiger partial charge in [0.1, 0.15) is 5.75 Å². The Morgan fingerprint density at radius 2 is 2.00 bits per heavy atom.